The lowest BCUT2D eigenvalue weighted by Crippen LogP contribution is -2.32. The van der Waals surface area contributed by atoms with E-state index < -0.39 is 6.10 Å². The van der Waals surface area contributed by atoms with Crippen molar-refractivity contribution in [1.82, 2.24) is 0 Å². The van der Waals surface area contributed by atoms with Gasteiger partial charge >= 0.3 is 0 Å². The molecule has 0 aliphatic carbocycles. The van der Waals surface area contributed by atoms with Gasteiger partial charge in [0.25, 0.3) is 5.91 Å². The van der Waals surface area contributed by atoms with Crippen molar-refractivity contribution in [2.75, 3.05) is 12.4 Å². The van der Waals surface area contributed by atoms with E-state index in [0.29, 0.717) is 27.9 Å². The number of ether oxygens (including phenoxy) is 2. The van der Waals surface area contributed by atoms with Crippen LogP contribution in [0.3, 0.4) is 0 Å². The number of amides is 1. The molecule has 1 atom stereocenters. The molecule has 0 radical (unpaired) electrons. The van der Waals surface area contributed by atoms with Crippen LogP contribution in [0.25, 0.3) is 0 Å². The molecule has 23 heavy (non-hydrogen) atoms. The summed E-state index contributed by atoms with van der Waals surface area (Å²) in [5.74, 6) is 0.995. The normalized spacial score (nSPS) is 11.7. The van der Waals surface area contributed by atoms with E-state index in [2.05, 4.69) is 5.32 Å². The van der Waals surface area contributed by atoms with Crippen LogP contribution in [0.1, 0.15) is 13.3 Å². The highest BCUT2D eigenvalue weighted by molar-refractivity contribution is 6.39. The van der Waals surface area contributed by atoms with Gasteiger partial charge in [0, 0.05) is 0 Å². The van der Waals surface area contributed by atoms with Crippen molar-refractivity contribution in [1.29, 1.82) is 0 Å². The number of nitrogens with one attached hydrogen (secondary N) is 1. The van der Waals surface area contributed by atoms with Crippen molar-refractivity contribution < 1.29 is 14.3 Å². The minimum absolute atomic E-state index is 0.307. The standard InChI is InChI=1S/C17H17Cl2NO3/c1-3-15(23-12-9-7-11(22-2)8-10-12)17(21)20-16-13(18)5-4-6-14(16)19/h4-10,15H,3H2,1-2H3,(H,20,21)/t15-/m1/s1. The summed E-state index contributed by atoms with van der Waals surface area (Å²) in [6.45, 7) is 1.86. The summed E-state index contributed by atoms with van der Waals surface area (Å²) in [5, 5.41) is 3.48. The third-order valence-electron chi connectivity index (χ3n) is 3.21. The van der Waals surface area contributed by atoms with Crippen molar-refractivity contribution in [3.05, 3.63) is 52.5 Å². The Morgan fingerprint density at radius 2 is 1.65 bits per heavy atom. The molecule has 0 spiro atoms. The molecule has 0 aliphatic rings. The molecule has 6 heteroatoms. The van der Waals surface area contributed by atoms with Gasteiger partial charge in [-0.2, -0.15) is 0 Å². The van der Waals surface area contributed by atoms with Gasteiger partial charge in [-0.3, -0.25) is 4.79 Å². The van der Waals surface area contributed by atoms with E-state index in [4.69, 9.17) is 32.7 Å². The van der Waals surface area contributed by atoms with E-state index in [1.54, 1.807) is 49.6 Å². The molecule has 0 aliphatic heterocycles. The number of para-hydroxylation sites is 1. The predicted molar refractivity (Wildman–Crippen MR) is 92.8 cm³/mol. The van der Waals surface area contributed by atoms with Gasteiger partial charge in [0.15, 0.2) is 6.10 Å². The molecule has 2 aromatic carbocycles. The highest BCUT2D eigenvalue weighted by Crippen LogP contribution is 2.30. The zero-order valence-corrected chi connectivity index (χ0v) is 14.3. The van der Waals surface area contributed by atoms with Crippen molar-refractivity contribution >= 4 is 34.8 Å². The minimum atomic E-state index is -0.657. The van der Waals surface area contributed by atoms with E-state index in [-0.39, 0.29) is 5.91 Å². The Morgan fingerprint density at radius 3 is 2.17 bits per heavy atom. The van der Waals surface area contributed by atoms with Gasteiger partial charge in [0.1, 0.15) is 11.5 Å². The number of carbonyl (C=O) groups is 1. The van der Waals surface area contributed by atoms with E-state index in [1.807, 2.05) is 6.92 Å². The van der Waals surface area contributed by atoms with Crippen LogP contribution >= 0.6 is 23.2 Å². The molecule has 0 heterocycles. The van der Waals surface area contributed by atoms with E-state index >= 15 is 0 Å². The number of hydrogen-bond donors (Lipinski definition) is 1. The smallest absolute Gasteiger partial charge is 0.265 e. The van der Waals surface area contributed by atoms with Crippen LogP contribution in [-0.2, 0) is 4.79 Å². The minimum Gasteiger partial charge on any atom is -0.497 e. The van der Waals surface area contributed by atoms with Gasteiger partial charge in [0.2, 0.25) is 0 Å². The maximum atomic E-state index is 12.4. The first-order valence-electron chi connectivity index (χ1n) is 7.10. The van der Waals surface area contributed by atoms with E-state index in [9.17, 15) is 4.79 Å². The lowest BCUT2D eigenvalue weighted by atomic mass is 10.2. The summed E-state index contributed by atoms with van der Waals surface area (Å²) < 4.78 is 10.8. The van der Waals surface area contributed by atoms with Crippen molar-refractivity contribution in [3.63, 3.8) is 0 Å². The Kier molecular flexibility index (Phi) is 6.13. The number of carbonyl (C=O) groups excluding carboxylic acids is 1. The molecule has 0 bridgehead atoms. The van der Waals surface area contributed by atoms with Crippen molar-refractivity contribution in [3.8, 4) is 11.5 Å². The molecule has 0 fully saturated rings. The molecule has 0 aromatic heterocycles. The van der Waals surface area contributed by atoms with Gasteiger partial charge in [-0.25, -0.2) is 0 Å². The molecular weight excluding hydrogens is 337 g/mol. The van der Waals surface area contributed by atoms with Crippen LogP contribution in [-0.4, -0.2) is 19.1 Å². The molecule has 0 unspecified atom stereocenters. The fourth-order valence-corrected chi connectivity index (χ4v) is 2.45. The summed E-state index contributed by atoms with van der Waals surface area (Å²) in [4.78, 5) is 12.4. The number of halogens is 2. The molecule has 122 valence electrons. The average molecular weight is 354 g/mol. The van der Waals surface area contributed by atoms with Crippen LogP contribution in [0.5, 0.6) is 11.5 Å². The third kappa shape index (κ3) is 4.53. The van der Waals surface area contributed by atoms with Crippen LogP contribution in [0.15, 0.2) is 42.5 Å². The zero-order valence-electron chi connectivity index (χ0n) is 12.8. The maximum Gasteiger partial charge on any atom is 0.265 e. The number of methoxy groups -OCH3 is 1. The number of rotatable bonds is 6. The topological polar surface area (TPSA) is 47.6 Å². The zero-order chi connectivity index (χ0) is 16.8. The lowest BCUT2D eigenvalue weighted by Gasteiger charge is -2.18. The first-order valence-corrected chi connectivity index (χ1v) is 7.86. The van der Waals surface area contributed by atoms with E-state index in [1.165, 1.54) is 0 Å². The van der Waals surface area contributed by atoms with Gasteiger partial charge in [-0.05, 0) is 42.8 Å². The van der Waals surface area contributed by atoms with Crippen LogP contribution in [0.2, 0.25) is 10.0 Å². The van der Waals surface area contributed by atoms with Crippen LogP contribution in [0, 0.1) is 0 Å². The summed E-state index contributed by atoms with van der Waals surface area (Å²) in [6, 6.07) is 12.1. The second-order valence-corrected chi connectivity index (χ2v) is 5.59. The number of hydrogen-bond acceptors (Lipinski definition) is 3. The third-order valence-corrected chi connectivity index (χ3v) is 3.84. The molecule has 2 rings (SSSR count). The second-order valence-electron chi connectivity index (χ2n) is 4.78. The van der Waals surface area contributed by atoms with E-state index in [0.717, 1.165) is 5.75 Å². The van der Waals surface area contributed by atoms with Gasteiger partial charge in [-0.15, -0.1) is 0 Å². The Labute approximate surface area is 145 Å². The Morgan fingerprint density at radius 1 is 1.09 bits per heavy atom. The Bertz CT molecular complexity index is 654. The molecular formula is C17H17Cl2NO3. The first kappa shape index (κ1) is 17.4. The summed E-state index contributed by atoms with van der Waals surface area (Å²) in [7, 11) is 1.59. The maximum absolute atomic E-state index is 12.4. The Hall–Kier alpha value is -1.91. The molecule has 0 saturated carbocycles. The summed E-state index contributed by atoms with van der Waals surface area (Å²) >= 11 is 12.1. The largest absolute Gasteiger partial charge is 0.497 e. The fraction of sp³-hybridized carbons (Fsp3) is 0.235. The molecule has 4 nitrogen and oxygen atoms in total. The quantitative estimate of drug-likeness (QED) is 0.811. The monoisotopic (exact) mass is 353 g/mol. The Balaban J connectivity index is 2.09. The van der Waals surface area contributed by atoms with Gasteiger partial charge < -0.3 is 14.8 Å². The van der Waals surface area contributed by atoms with Crippen LogP contribution < -0.4 is 14.8 Å². The summed E-state index contributed by atoms with van der Waals surface area (Å²) in [5.41, 5.74) is 0.387. The van der Waals surface area contributed by atoms with Crippen LogP contribution in [0.4, 0.5) is 5.69 Å². The number of anilines is 1. The second kappa shape index (κ2) is 8.09. The highest BCUT2D eigenvalue weighted by Gasteiger charge is 2.20. The lowest BCUT2D eigenvalue weighted by molar-refractivity contribution is -0.122. The van der Waals surface area contributed by atoms with Crippen molar-refractivity contribution in [2.45, 2.75) is 19.4 Å². The fourth-order valence-electron chi connectivity index (χ4n) is 1.96. The molecule has 1 amide bonds. The van der Waals surface area contributed by atoms with Crippen molar-refractivity contribution in [2.24, 2.45) is 0 Å². The van der Waals surface area contributed by atoms with Gasteiger partial charge in [0.05, 0.1) is 22.8 Å². The number of benzene rings is 2. The van der Waals surface area contributed by atoms with Gasteiger partial charge in [-0.1, -0.05) is 36.2 Å². The molecule has 0 saturated heterocycles. The molecule has 1 N–H and O–H groups in total. The SMILES string of the molecule is CC[C@@H](Oc1ccc(OC)cc1)C(=O)Nc1c(Cl)cccc1Cl. The molecule has 2 aromatic rings. The highest BCUT2D eigenvalue weighted by atomic mass is 35.5. The first-order chi connectivity index (χ1) is 11.0. The average Bonchev–Trinajstić information content (AvgIpc) is 2.56. The predicted octanol–water partition coefficient (Wildman–Crippen LogP) is 4.80. The summed E-state index contributed by atoms with van der Waals surface area (Å²) in [6.07, 6.45) is -0.157.